The second-order valence-electron chi connectivity index (χ2n) is 2.84. The number of ether oxygens (including phenoxy) is 1. The third kappa shape index (κ3) is 3.89. The number of esters is 1. The first-order valence-electron chi connectivity index (χ1n) is 4.05. The lowest BCUT2D eigenvalue weighted by Crippen LogP contribution is -2.40. The van der Waals surface area contributed by atoms with E-state index in [1.807, 2.05) is 6.92 Å². The predicted molar refractivity (Wildman–Crippen MR) is 47.9 cm³/mol. The second-order valence-corrected chi connectivity index (χ2v) is 2.84. The summed E-state index contributed by atoms with van der Waals surface area (Å²) >= 11 is 0. The number of amides is 1. The van der Waals surface area contributed by atoms with E-state index in [1.165, 1.54) is 12.0 Å². The number of hydrogen-bond donors (Lipinski definition) is 1. The van der Waals surface area contributed by atoms with Crippen molar-refractivity contribution >= 4 is 11.9 Å². The normalized spacial score (nSPS) is 12.0. The minimum atomic E-state index is -0.527. The van der Waals surface area contributed by atoms with Crippen molar-refractivity contribution in [3.63, 3.8) is 0 Å². The third-order valence-electron chi connectivity index (χ3n) is 1.92. The van der Waals surface area contributed by atoms with Gasteiger partial charge in [-0.3, -0.25) is 9.59 Å². The topological polar surface area (TPSA) is 72.6 Å². The number of nitrogens with two attached hydrogens (primary N) is 1. The van der Waals surface area contributed by atoms with E-state index in [0.29, 0.717) is 6.54 Å². The van der Waals surface area contributed by atoms with Gasteiger partial charge < -0.3 is 15.4 Å². The summed E-state index contributed by atoms with van der Waals surface area (Å²) in [5.41, 5.74) is 5.36. The van der Waals surface area contributed by atoms with Gasteiger partial charge in [0.2, 0.25) is 5.91 Å². The second kappa shape index (κ2) is 5.53. The molecule has 13 heavy (non-hydrogen) atoms. The van der Waals surface area contributed by atoms with Crippen molar-refractivity contribution in [1.82, 2.24) is 4.90 Å². The quantitative estimate of drug-likeness (QED) is 0.470. The number of carbonyl (C=O) groups excluding carboxylic acids is 2. The number of nitrogens with zero attached hydrogens (tertiary/aromatic N) is 1. The summed E-state index contributed by atoms with van der Waals surface area (Å²) in [5, 5.41) is 0. The number of likely N-dealkylation sites (N-methyl/N-ethyl adjacent to an activating group) is 1. The Balaban J connectivity index is 4.03. The van der Waals surface area contributed by atoms with E-state index in [9.17, 15) is 9.59 Å². The van der Waals surface area contributed by atoms with Gasteiger partial charge in [-0.2, -0.15) is 0 Å². The highest BCUT2D eigenvalue weighted by Crippen LogP contribution is 1.98. The first kappa shape index (κ1) is 11.9. The van der Waals surface area contributed by atoms with Gasteiger partial charge in [0.05, 0.1) is 7.11 Å². The van der Waals surface area contributed by atoms with Crippen LogP contribution in [-0.2, 0) is 14.3 Å². The van der Waals surface area contributed by atoms with Crippen LogP contribution in [0, 0.1) is 0 Å². The molecule has 0 saturated carbocycles. The molecular weight excluding hydrogens is 172 g/mol. The molecular formula is C8H16N2O3. The molecule has 0 aromatic carbocycles. The lowest BCUT2D eigenvalue weighted by molar-refractivity contribution is -0.146. The van der Waals surface area contributed by atoms with Gasteiger partial charge in [0.1, 0.15) is 6.42 Å². The first-order valence-corrected chi connectivity index (χ1v) is 4.05. The van der Waals surface area contributed by atoms with E-state index in [0.717, 1.165) is 0 Å². The third-order valence-corrected chi connectivity index (χ3v) is 1.92. The Labute approximate surface area is 77.8 Å². The van der Waals surface area contributed by atoms with E-state index in [1.54, 1.807) is 7.05 Å². The number of carbonyl (C=O) groups is 2. The van der Waals surface area contributed by atoms with Crippen molar-refractivity contribution in [1.29, 1.82) is 0 Å². The van der Waals surface area contributed by atoms with E-state index in [-0.39, 0.29) is 18.4 Å². The lowest BCUT2D eigenvalue weighted by Gasteiger charge is -2.22. The highest BCUT2D eigenvalue weighted by molar-refractivity contribution is 5.94. The molecule has 0 spiro atoms. The van der Waals surface area contributed by atoms with Crippen LogP contribution in [0.25, 0.3) is 0 Å². The van der Waals surface area contributed by atoms with Crippen LogP contribution in [0.3, 0.4) is 0 Å². The Morgan fingerprint density at radius 2 is 2.08 bits per heavy atom. The molecule has 1 atom stereocenters. The maximum atomic E-state index is 11.3. The van der Waals surface area contributed by atoms with Crippen LogP contribution < -0.4 is 5.73 Å². The minimum Gasteiger partial charge on any atom is -0.469 e. The molecule has 0 fully saturated rings. The molecule has 0 aromatic rings. The summed E-state index contributed by atoms with van der Waals surface area (Å²) in [6.07, 6.45) is -0.225. The number of rotatable bonds is 4. The van der Waals surface area contributed by atoms with E-state index >= 15 is 0 Å². The summed E-state index contributed by atoms with van der Waals surface area (Å²) in [7, 11) is 2.87. The standard InChI is InChI=1S/C8H16N2O3/c1-6(5-9)10(2)7(11)4-8(12)13-3/h6H,4-5,9H2,1-3H3. The molecule has 1 amide bonds. The Kier molecular flexibility index (Phi) is 5.06. The molecule has 0 saturated heterocycles. The molecule has 0 heterocycles. The SMILES string of the molecule is COC(=O)CC(=O)N(C)C(C)CN. The van der Waals surface area contributed by atoms with Crippen LogP contribution in [0.1, 0.15) is 13.3 Å². The van der Waals surface area contributed by atoms with Gasteiger partial charge in [-0.15, -0.1) is 0 Å². The Morgan fingerprint density at radius 1 is 1.54 bits per heavy atom. The van der Waals surface area contributed by atoms with Crippen molar-refractivity contribution in [2.24, 2.45) is 5.73 Å². The highest BCUT2D eigenvalue weighted by atomic mass is 16.5. The Hall–Kier alpha value is -1.10. The Bertz CT molecular complexity index is 194. The van der Waals surface area contributed by atoms with E-state index in [4.69, 9.17) is 5.73 Å². The molecule has 0 aliphatic carbocycles. The van der Waals surface area contributed by atoms with Crippen molar-refractivity contribution in [3.8, 4) is 0 Å². The van der Waals surface area contributed by atoms with Crippen LogP contribution in [0.2, 0.25) is 0 Å². The number of hydrogen-bond acceptors (Lipinski definition) is 4. The predicted octanol–water partition coefficient (Wildman–Crippen LogP) is -0.645. The molecule has 0 aromatic heterocycles. The fraction of sp³-hybridized carbons (Fsp3) is 0.750. The molecule has 0 rings (SSSR count). The molecule has 0 aliphatic heterocycles. The summed E-state index contributed by atoms with van der Waals surface area (Å²) in [4.78, 5) is 23.5. The molecule has 5 nitrogen and oxygen atoms in total. The van der Waals surface area contributed by atoms with Crippen LogP contribution in [-0.4, -0.2) is 43.5 Å². The first-order chi connectivity index (χ1) is 6.02. The molecule has 76 valence electrons. The van der Waals surface area contributed by atoms with Gasteiger partial charge in [0, 0.05) is 19.6 Å². The zero-order valence-corrected chi connectivity index (χ0v) is 8.24. The zero-order chi connectivity index (χ0) is 10.4. The van der Waals surface area contributed by atoms with Crippen LogP contribution in [0.15, 0.2) is 0 Å². The molecule has 0 radical (unpaired) electrons. The average Bonchev–Trinajstić information content (AvgIpc) is 2.14. The summed E-state index contributed by atoms with van der Waals surface area (Å²) in [5.74, 6) is -0.800. The van der Waals surface area contributed by atoms with Gasteiger partial charge in [-0.05, 0) is 6.92 Å². The molecule has 0 aliphatic rings. The van der Waals surface area contributed by atoms with Gasteiger partial charge in [0.15, 0.2) is 0 Å². The largest absolute Gasteiger partial charge is 0.469 e. The number of methoxy groups -OCH3 is 1. The van der Waals surface area contributed by atoms with Crippen molar-refractivity contribution in [3.05, 3.63) is 0 Å². The molecule has 2 N–H and O–H groups in total. The van der Waals surface area contributed by atoms with E-state index < -0.39 is 5.97 Å². The molecule has 1 unspecified atom stereocenters. The summed E-state index contributed by atoms with van der Waals surface area (Å²) in [6, 6.07) is -0.0582. The van der Waals surface area contributed by atoms with Gasteiger partial charge in [0.25, 0.3) is 0 Å². The highest BCUT2D eigenvalue weighted by Gasteiger charge is 2.17. The lowest BCUT2D eigenvalue weighted by atomic mass is 10.2. The van der Waals surface area contributed by atoms with Gasteiger partial charge in [-0.25, -0.2) is 0 Å². The van der Waals surface area contributed by atoms with E-state index in [2.05, 4.69) is 4.74 Å². The summed E-state index contributed by atoms with van der Waals surface area (Å²) in [6.45, 7) is 2.19. The maximum absolute atomic E-state index is 11.3. The van der Waals surface area contributed by atoms with Crippen molar-refractivity contribution in [2.45, 2.75) is 19.4 Å². The zero-order valence-electron chi connectivity index (χ0n) is 8.24. The smallest absolute Gasteiger partial charge is 0.315 e. The van der Waals surface area contributed by atoms with Gasteiger partial charge in [-0.1, -0.05) is 0 Å². The average molecular weight is 188 g/mol. The molecule has 0 bridgehead atoms. The van der Waals surface area contributed by atoms with Crippen molar-refractivity contribution < 1.29 is 14.3 Å². The van der Waals surface area contributed by atoms with Crippen molar-refractivity contribution in [2.75, 3.05) is 20.7 Å². The summed E-state index contributed by atoms with van der Waals surface area (Å²) < 4.78 is 4.37. The Morgan fingerprint density at radius 3 is 2.46 bits per heavy atom. The monoisotopic (exact) mass is 188 g/mol. The van der Waals surface area contributed by atoms with Gasteiger partial charge >= 0.3 is 5.97 Å². The van der Waals surface area contributed by atoms with Crippen LogP contribution >= 0.6 is 0 Å². The van der Waals surface area contributed by atoms with Crippen LogP contribution in [0.4, 0.5) is 0 Å². The minimum absolute atomic E-state index is 0.0582. The maximum Gasteiger partial charge on any atom is 0.315 e. The molecule has 5 heteroatoms. The fourth-order valence-electron chi connectivity index (χ4n) is 0.724. The fourth-order valence-corrected chi connectivity index (χ4v) is 0.724. The van der Waals surface area contributed by atoms with Crippen LogP contribution in [0.5, 0.6) is 0 Å².